The number of ether oxygens (including phenoxy) is 1. The zero-order valence-corrected chi connectivity index (χ0v) is 13.2. The van der Waals surface area contributed by atoms with Crippen LogP contribution in [-0.2, 0) is 6.61 Å². The van der Waals surface area contributed by atoms with Gasteiger partial charge in [0.25, 0.3) is 11.8 Å². The number of nitrogens with zero attached hydrogens (tertiary/aromatic N) is 1. The van der Waals surface area contributed by atoms with E-state index in [9.17, 15) is 9.59 Å². The van der Waals surface area contributed by atoms with Crippen molar-refractivity contribution in [1.29, 1.82) is 0 Å². The molecule has 0 unspecified atom stereocenters. The van der Waals surface area contributed by atoms with Crippen molar-refractivity contribution < 1.29 is 18.7 Å². The van der Waals surface area contributed by atoms with E-state index < -0.39 is 11.8 Å². The summed E-state index contributed by atoms with van der Waals surface area (Å²) in [5.41, 5.74) is 7.77. The first-order valence-corrected chi connectivity index (χ1v) is 7.90. The summed E-state index contributed by atoms with van der Waals surface area (Å²) in [7, 11) is 0. The van der Waals surface area contributed by atoms with Crippen molar-refractivity contribution in [2.24, 2.45) is 0 Å². The molecular weight excluding hydrogens is 330 g/mol. The zero-order valence-electron chi connectivity index (χ0n) is 12.4. The Morgan fingerprint density at radius 3 is 2.75 bits per heavy atom. The van der Waals surface area contributed by atoms with Crippen molar-refractivity contribution in [2.75, 3.05) is 0 Å². The maximum absolute atomic E-state index is 12.3. The summed E-state index contributed by atoms with van der Waals surface area (Å²) < 4.78 is 10.5. The Kier molecular flexibility index (Phi) is 4.87. The minimum Gasteiger partial charge on any atom is -0.486 e. The van der Waals surface area contributed by atoms with Gasteiger partial charge >= 0.3 is 0 Å². The molecule has 122 valence electrons. The van der Waals surface area contributed by atoms with E-state index in [4.69, 9.17) is 9.15 Å². The Hall–Kier alpha value is -3.13. The Balaban J connectivity index is 1.63. The average molecular weight is 343 g/mol. The van der Waals surface area contributed by atoms with Crippen molar-refractivity contribution in [3.8, 4) is 5.75 Å². The highest BCUT2D eigenvalue weighted by Crippen LogP contribution is 2.19. The number of thiazole rings is 1. The fraction of sp³-hybridized carbons (Fsp3) is 0.0625. The van der Waals surface area contributed by atoms with Gasteiger partial charge in [-0.25, -0.2) is 4.98 Å². The predicted molar refractivity (Wildman–Crippen MR) is 86.5 cm³/mol. The molecule has 2 aromatic heterocycles. The highest BCUT2D eigenvalue weighted by molar-refractivity contribution is 7.07. The number of hydrazine groups is 1. The first-order chi connectivity index (χ1) is 11.7. The van der Waals surface area contributed by atoms with E-state index in [0.717, 1.165) is 5.69 Å². The molecule has 0 aliphatic heterocycles. The molecule has 3 aromatic rings. The number of nitrogens with one attached hydrogen (secondary N) is 2. The third kappa shape index (κ3) is 3.79. The van der Waals surface area contributed by atoms with Gasteiger partial charge in [-0.15, -0.1) is 11.3 Å². The number of aromatic nitrogens is 1. The fourth-order valence-corrected chi connectivity index (χ4v) is 2.43. The van der Waals surface area contributed by atoms with Crippen LogP contribution in [0, 0.1) is 0 Å². The number of hydrogen-bond acceptors (Lipinski definition) is 6. The van der Waals surface area contributed by atoms with Crippen LogP contribution in [0.5, 0.6) is 5.75 Å². The molecule has 0 bridgehead atoms. The molecule has 0 saturated carbocycles. The van der Waals surface area contributed by atoms with E-state index >= 15 is 0 Å². The molecule has 0 radical (unpaired) electrons. The number of benzene rings is 1. The number of para-hydroxylation sites is 1. The van der Waals surface area contributed by atoms with Crippen molar-refractivity contribution in [1.82, 2.24) is 15.8 Å². The van der Waals surface area contributed by atoms with Crippen LogP contribution in [-0.4, -0.2) is 16.8 Å². The van der Waals surface area contributed by atoms with Crippen LogP contribution >= 0.6 is 11.3 Å². The number of furan rings is 1. The Labute approximate surface area is 141 Å². The molecule has 24 heavy (non-hydrogen) atoms. The Bertz CT molecular complexity index is 816. The molecule has 8 heteroatoms. The lowest BCUT2D eigenvalue weighted by atomic mass is 10.2. The third-order valence-corrected chi connectivity index (χ3v) is 3.70. The number of carbonyl (C=O) groups excluding carboxylic acids is 2. The lowest BCUT2D eigenvalue weighted by Gasteiger charge is -2.11. The summed E-state index contributed by atoms with van der Waals surface area (Å²) in [5.74, 6) is -0.556. The molecule has 2 amide bonds. The summed E-state index contributed by atoms with van der Waals surface area (Å²) in [6.07, 6.45) is 2.66. The van der Waals surface area contributed by atoms with E-state index in [-0.39, 0.29) is 6.61 Å². The topological polar surface area (TPSA) is 93.5 Å². The van der Waals surface area contributed by atoms with Crippen molar-refractivity contribution in [3.63, 3.8) is 0 Å². The summed E-state index contributed by atoms with van der Waals surface area (Å²) in [6, 6.07) is 8.25. The van der Waals surface area contributed by atoms with Crippen LogP contribution in [0.1, 0.15) is 26.4 Å². The van der Waals surface area contributed by atoms with Crippen molar-refractivity contribution in [3.05, 3.63) is 70.6 Å². The molecular formula is C16H13N3O4S. The normalized spacial score (nSPS) is 10.2. The van der Waals surface area contributed by atoms with Gasteiger partial charge in [-0.05, 0) is 18.2 Å². The lowest BCUT2D eigenvalue weighted by molar-refractivity contribution is 0.0843. The molecule has 7 nitrogen and oxygen atoms in total. The Morgan fingerprint density at radius 1 is 1.17 bits per heavy atom. The average Bonchev–Trinajstić information content (AvgIpc) is 3.31. The van der Waals surface area contributed by atoms with Gasteiger partial charge in [0.1, 0.15) is 18.6 Å². The molecule has 2 N–H and O–H groups in total. The van der Waals surface area contributed by atoms with E-state index in [1.165, 1.54) is 29.9 Å². The van der Waals surface area contributed by atoms with Gasteiger partial charge in [-0.3, -0.25) is 20.4 Å². The first-order valence-electron chi connectivity index (χ1n) is 6.96. The Morgan fingerprint density at radius 2 is 2.00 bits per heavy atom. The highest BCUT2D eigenvalue weighted by Gasteiger charge is 2.14. The summed E-state index contributed by atoms with van der Waals surface area (Å²) in [6.45, 7) is 0.259. The van der Waals surface area contributed by atoms with Crippen molar-refractivity contribution in [2.45, 2.75) is 6.61 Å². The van der Waals surface area contributed by atoms with Crippen molar-refractivity contribution >= 4 is 23.2 Å². The third-order valence-electron chi connectivity index (χ3n) is 3.06. The minimum atomic E-state index is -0.485. The summed E-state index contributed by atoms with van der Waals surface area (Å²) in [4.78, 5) is 28.2. The standard InChI is InChI=1S/C16H13N3O4S/c20-15(11-5-6-22-7-11)18-19-16(21)13-3-1-2-4-14(13)23-8-12-9-24-10-17-12/h1-7,9-10H,8H2,(H,18,20)(H,19,21). The second-order valence-corrected chi connectivity index (χ2v) is 5.40. The maximum Gasteiger partial charge on any atom is 0.273 e. The molecule has 2 heterocycles. The molecule has 0 aliphatic rings. The van der Waals surface area contributed by atoms with E-state index in [0.29, 0.717) is 16.9 Å². The van der Waals surface area contributed by atoms with Crippen LogP contribution in [0.3, 0.4) is 0 Å². The van der Waals surface area contributed by atoms with Gasteiger partial charge in [0.15, 0.2) is 0 Å². The van der Waals surface area contributed by atoms with E-state index in [1.807, 2.05) is 5.38 Å². The quantitative estimate of drug-likeness (QED) is 0.694. The van der Waals surface area contributed by atoms with Gasteiger partial charge in [0.2, 0.25) is 0 Å². The summed E-state index contributed by atoms with van der Waals surface area (Å²) in [5, 5.41) is 1.87. The van der Waals surface area contributed by atoms with Gasteiger partial charge in [-0.1, -0.05) is 12.1 Å². The fourth-order valence-electron chi connectivity index (χ4n) is 1.89. The van der Waals surface area contributed by atoms with Crippen LogP contribution in [0.15, 0.2) is 58.2 Å². The molecule has 3 rings (SSSR count). The number of carbonyl (C=O) groups is 2. The van der Waals surface area contributed by atoms with Gasteiger partial charge in [0.05, 0.1) is 28.6 Å². The second-order valence-electron chi connectivity index (χ2n) is 4.68. The largest absolute Gasteiger partial charge is 0.486 e. The molecule has 0 atom stereocenters. The zero-order chi connectivity index (χ0) is 16.8. The van der Waals surface area contributed by atoms with E-state index in [2.05, 4.69) is 15.8 Å². The van der Waals surface area contributed by atoms with Crippen LogP contribution in [0.25, 0.3) is 0 Å². The minimum absolute atomic E-state index is 0.259. The molecule has 0 saturated heterocycles. The molecule has 1 aromatic carbocycles. The number of rotatable bonds is 5. The molecule has 0 fully saturated rings. The van der Waals surface area contributed by atoms with Crippen LogP contribution < -0.4 is 15.6 Å². The smallest absolute Gasteiger partial charge is 0.273 e. The van der Waals surface area contributed by atoms with Gasteiger partial charge in [0, 0.05) is 5.38 Å². The number of amides is 2. The lowest BCUT2D eigenvalue weighted by Crippen LogP contribution is -2.41. The molecule has 0 spiro atoms. The van der Waals surface area contributed by atoms with Crippen LogP contribution in [0.2, 0.25) is 0 Å². The monoisotopic (exact) mass is 343 g/mol. The summed E-state index contributed by atoms with van der Waals surface area (Å²) >= 11 is 1.47. The second kappa shape index (κ2) is 7.42. The number of hydrogen-bond donors (Lipinski definition) is 2. The first kappa shape index (κ1) is 15.8. The van der Waals surface area contributed by atoms with Crippen LogP contribution in [0.4, 0.5) is 0 Å². The maximum atomic E-state index is 12.3. The highest BCUT2D eigenvalue weighted by atomic mass is 32.1. The van der Waals surface area contributed by atoms with Gasteiger partial charge < -0.3 is 9.15 Å². The van der Waals surface area contributed by atoms with E-state index in [1.54, 1.807) is 29.8 Å². The SMILES string of the molecule is O=C(NNC(=O)c1ccccc1OCc1cscn1)c1ccoc1. The molecule has 0 aliphatic carbocycles. The predicted octanol–water partition coefficient (Wildman–Crippen LogP) is 2.39. The van der Waals surface area contributed by atoms with Gasteiger partial charge in [-0.2, -0.15) is 0 Å².